The maximum atomic E-state index is 12.5. The van der Waals surface area contributed by atoms with Crippen LogP contribution in [0.3, 0.4) is 0 Å². The molecule has 1 aliphatic heterocycles. The highest BCUT2D eigenvalue weighted by molar-refractivity contribution is 5.90. The Kier molecular flexibility index (Phi) is 4.42. The summed E-state index contributed by atoms with van der Waals surface area (Å²) in [6.45, 7) is 7.94. The zero-order valence-electron chi connectivity index (χ0n) is 14.7. The summed E-state index contributed by atoms with van der Waals surface area (Å²) in [5.41, 5.74) is 1.88. The Morgan fingerprint density at radius 3 is 2.88 bits per heavy atom. The van der Waals surface area contributed by atoms with Crippen LogP contribution in [-0.2, 0) is 13.1 Å². The molecular formula is C17H24N6O. The minimum absolute atomic E-state index is 0.105. The van der Waals surface area contributed by atoms with Gasteiger partial charge in [0.2, 0.25) is 0 Å². The zero-order valence-corrected chi connectivity index (χ0v) is 14.7. The summed E-state index contributed by atoms with van der Waals surface area (Å²) >= 11 is 0. The van der Waals surface area contributed by atoms with Gasteiger partial charge < -0.3 is 15.1 Å². The van der Waals surface area contributed by atoms with Gasteiger partial charge in [0.25, 0.3) is 0 Å². The van der Waals surface area contributed by atoms with Gasteiger partial charge in [-0.25, -0.2) is 14.5 Å². The molecule has 0 saturated carbocycles. The van der Waals surface area contributed by atoms with E-state index in [1.807, 2.05) is 42.9 Å². The SMILES string of the molecule is Cc1nc2n(n1)CCN(C(=O)Nc1cccc(N(C)C(C)C)c1)C2. The summed E-state index contributed by atoms with van der Waals surface area (Å²) in [6, 6.07) is 8.20. The van der Waals surface area contributed by atoms with Crippen molar-refractivity contribution in [2.75, 3.05) is 23.8 Å². The molecule has 1 N–H and O–H groups in total. The number of hydrogen-bond acceptors (Lipinski definition) is 4. The van der Waals surface area contributed by atoms with Crippen molar-refractivity contribution in [3.05, 3.63) is 35.9 Å². The molecule has 0 bridgehead atoms. The third kappa shape index (κ3) is 3.34. The number of nitrogens with zero attached hydrogens (tertiary/aromatic N) is 5. The van der Waals surface area contributed by atoms with Crippen LogP contribution in [0.25, 0.3) is 0 Å². The molecule has 2 heterocycles. The third-order valence-electron chi connectivity index (χ3n) is 4.33. The predicted octanol–water partition coefficient (Wildman–Crippen LogP) is 2.48. The van der Waals surface area contributed by atoms with Gasteiger partial charge in [0.15, 0.2) is 0 Å². The lowest BCUT2D eigenvalue weighted by atomic mass is 10.2. The van der Waals surface area contributed by atoms with Crippen molar-refractivity contribution in [1.29, 1.82) is 0 Å². The van der Waals surface area contributed by atoms with Crippen molar-refractivity contribution >= 4 is 17.4 Å². The Morgan fingerprint density at radius 1 is 1.33 bits per heavy atom. The largest absolute Gasteiger partial charge is 0.372 e. The fourth-order valence-electron chi connectivity index (χ4n) is 2.74. The number of fused-ring (bicyclic) bond motifs is 1. The number of aryl methyl sites for hydroxylation is 1. The second-order valence-corrected chi connectivity index (χ2v) is 6.41. The summed E-state index contributed by atoms with van der Waals surface area (Å²) in [6.07, 6.45) is 0. The second-order valence-electron chi connectivity index (χ2n) is 6.41. The fraction of sp³-hybridized carbons (Fsp3) is 0.471. The summed E-state index contributed by atoms with van der Waals surface area (Å²) in [5, 5.41) is 7.30. The summed E-state index contributed by atoms with van der Waals surface area (Å²) in [5.74, 6) is 1.58. The Hall–Kier alpha value is -2.57. The number of carbonyl (C=O) groups is 1. The molecule has 0 atom stereocenters. The number of hydrogen-bond donors (Lipinski definition) is 1. The first-order chi connectivity index (χ1) is 11.4. The van der Waals surface area contributed by atoms with E-state index in [4.69, 9.17) is 0 Å². The number of nitrogens with one attached hydrogen (secondary N) is 1. The average Bonchev–Trinajstić information content (AvgIpc) is 2.93. The smallest absolute Gasteiger partial charge is 0.322 e. The molecule has 0 radical (unpaired) electrons. The molecule has 1 aliphatic rings. The van der Waals surface area contributed by atoms with Crippen LogP contribution in [0.4, 0.5) is 16.2 Å². The van der Waals surface area contributed by atoms with E-state index in [-0.39, 0.29) is 6.03 Å². The highest BCUT2D eigenvalue weighted by Gasteiger charge is 2.23. The van der Waals surface area contributed by atoms with Crippen LogP contribution >= 0.6 is 0 Å². The van der Waals surface area contributed by atoms with Crippen LogP contribution in [0.1, 0.15) is 25.5 Å². The van der Waals surface area contributed by atoms with Crippen LogP contribution in [0.5, 0.6) is 0 Å². The molecule has 0 unspecified atom stereocenters. The molecule has 7 nitrogen and oxygen atoms in total. The number of amides is 2. The van der Waals surface area contributed by atoms with E-state index in [1.54, 1.807) is 4.90 Å². The summed E-state index contributed by atoms with van der Waals surface area (Å²) in [4.78, 5) is 20.8. The monoisotopic (exact) mass is 328 g/mol. The average molecular weight is 328 g/mol. The lowest BCUT2D eigenvalue weighted by molar-refractivity contribution is 0.193. The molecule has 3 rings (SSSR count). The van der Waals surface area contributed by atoms with E-state index in [1.165, 1.54) is 0 Å². The Morgan fingerprint density at radius 2 is 2.12 bits per heavy atom. The third-order valence-corrected chi connectivity index (χ3v) is 4.33. The van der Waals surface area contributed by atoms with E-state index in [0.717, 1.165) is 23.0 Å². The molecule has 24 heavy (non-hydrogen) atoms. The number of benzene rings is 1. The molecule has 2 aromatic rings. The van der Waals surface area contributed by atoms with Crippen molar-refractivity contribution < 1.29 is 4.79 Å². The van der Waals surface area contributed by atoms with Gasteiger partial charge >= 0.3 is 6.03 Å². The molecule has 1 aromatic carbocycles. The first-order valence-electron chi connectivity index (χ1n) is 8.23. The van der Waals surface area contributed by atoms with Crippen molar-refractivity contribution in [3.63, 3.8) is 0 Å². The van der Waals surface area contributed by atoms with E-state index in [0.29, 0.717) is 25.7 Å². The minimum Gasteiger partial charge on any atom is -0.372 e. The van der Waals surface area contributed by atoms with Gasteiger partial charge in [0.05, 0.1) is 13.1 Å². The number of rotatable bonds is 3. The van der Waals surface area contributed by atoms with Crippen molar-refractivity contribution in [2.45, 2.75) is 39.9 Å². The van der Waals surface area contributed by atoms with Crippen LogP contribution < -0.4 is 10.2 Å². The number of urea groups is 1. The van der Waals surface area contributed by atoms with Gasteiger partial charge in [-0.1, -0.05) is 6.07 Å². The van der Waals surface area contributed by atoms with E-state index in [9.17, 15) is 4.79 Å². The van der Waals surface area contributed by atoms with Crippen molar-refractivity contribution in [2.24, 2.45) is 0 Å². The van der Waals surface area contributed by atoms with Crippen LogP contribution in [0, 0.1) is 6.92 Å². The van der Waals surface area contributed by atoms with E-state index < -0.39 is 0 Å². The Bertz CT molecular complexity index is 738. The Labute approximate surface area is 142 Å². The number of aromatic nitrogens is 3. The van der Waals surface area contributed by atoms with Gasteiger partial charge in [0, 0.05) is 31.0 Å². The fourth-order valence-corrected chi connectivity index (χ4v) is 2.74. The summed E-state index contributed by atoms with van der Waals surface area (Å²) in [7, 11) is 2.05. The first-order valence-corrected chi connectivity index (χ1v) is 8.23. The maximum absolute atomic E-state index is 12.5. The maximum Gasteiger partial charge on any atom is 0.322 e. The molecule has 0 saturated heterocycles. The number of anilines is 2. The minimum atomic E-state index is -0.105. The molecule has 0 spiro atoms. The van der Waals surface area contributed by atoms with Crippen LogP contribution in [0.15, 0.2) is 24.3 Å². The normalized spacial score (nSPS) is 13.8. The molecule has 128 valence electrons. The quantitative estimate of drug-likeness (QED) is 0.940. The highest BCUT2D eigenvalue weighted by atomic mass is 16.2. The molecular weight excluding hydrogens is 304 g/mol. The Balaban J connectivity index is 1.68. The second kappa shape index (κ2) is 6.51. The standard InChI is InChI=1S/C17H24N6O/c1-12(2)21(4)15-7-5-6-14(10-15)19-17(24)22-8-9-23-16(11-22)18-13(3)20-23/h5-7,10,12H,8-9,11H2,1-4H3,(H,19,24). The summed E-state index contributed by atoms with van der Waals surface area (Å²) < 4.78 is 1.87. The first kappa shape index (κ1) is 16.3. The molecule has 2 amide bonds. The van der Waals surface area contributed by atoms with Gasteiger partial charge in [-0.15, -0.1) is 0 Å². The van der Waals surface area contributed by atoms with E-state index >= 15 is 0 Å². The van der Waals surface area contributed by atoms with Gasteiger partial charge in [-0.2, -0.15) is 5.10 Å². The molecule has 7 heteroatoms. The van der Waals surface area contributed by atoms with Gasteiger partial charge in [-0.3, -0.25) is 0 Å². The van der Waals surface area contributed by atoms with Crippen LogP contribution in [0.2, 0.25) is 0 Å². The topological polar surface area (TPSA) is 66.3 Å². The van der Waals surface area contributed by atoms with E-state index in [2.05, 4.69) is 34.1 Å². The van der Waals surface area contributed by atoms with Crippen molar-refractivity contribution in [3.8, 4) is 0 Å². The van der Waals surface area contributed by atoms with Gasteiger partial charge in [0.1, 0.15) is 11.6 Å². The number of carbonyl (C=O) groups excluding carboxylic acids is 1. The lowest BCUT2D eigenvalue weighted by Gasteiger charge is -2.27. The van der Waals surface area contributed by atoms with Crippen molar-refractivity contribution in [1.82, 2.24) is 19.7 Å². The highest BCUT2D eigenvalue weighted by Crippen LogP contribution is 2.21. The lowest BCUT2D eigenvalue weighted by Crippen LogP contribution is -2.41. The predicted molar refractivity (Wildman–Crippen MR) is 94.2 cm³/mol. The molecule has 0 aliphatic carbocycles. The van der Waals surface area contributed by atoms with Crippen LogP contribution in [-0.4, -0.2) is 45.3 Å². The molecule has 0 fully saturated rings. The zero-order chi connectivity index (χ0) is 17.3. The molecule has 1 aromatic heterocycles. The van der Waals surface area contributed by atoms with Gasteiger partial charge in [-0.05, 0) is 39.0 Å².